The summed E-state index contributed by atoms with van der Waals surface area (Å²) in [6.07, 6.45) is 2.06. The van der Waals surface area contributed by atoms with Crippen molar-refractivity contribution >= 4 is 44.1 Å². The first-order chi connectivity index (χ1) is 10.7. The number of benzene rings is 1. The molecule has 2 aromatic heterocycles. The van der Waals surface area contributed by atoms with Crippen molar-refractivity contribution in [1.82, 2.24) is 4.90 Å². The summed E-state index contributed by atoms with van der Waals surface area (Å²) in [5, 5.41) is 3.01. The molecule has 0 saturated carbocycles. The number of rotatable bonds is 2. The highest BCUT2D eigenvalue weighted by atomic mass is 79.9. The van der Waals surface area contributed by atoms with Crippen molar-refractivity contribution in [1.29, 1.82) is 0 Å². The van der Waals surface area contributed by atoms with Crippen LogP contribution in [0.5, 0.6) is 0 Å². The maximum atomic E-state index is 12.9. The van der Waals surface area contributed by atoms with Gasteiger partial charge in [0.2, 0.25) is 0 Å². The van der Waals surface area contributed by atoms with E-state index in [1.165, 1.54) is 4.88 Å². The summed E-state index contributed by atoms with van der Waals surface area (Å²) in [6, 6.07) is 12.0. The third-order valence-electron chi connectivity index (χ3n) is 4.09. The van der Waals surface area contributed by atoms with E-state index in [1.54, 1.807) is 11.3 Å². The van der Waals surface area contributed by atoms with Gasteiger partial charge < -0.3 is 9.32 Å². The highest BCUT2D eigenvalue weighted by Gasteiger charge is 2.32. The molecule has 112 valence electrons. The Bertz CT molecular complexity index is 824. The van der Waals surface area contributed by atoms with Gasteiger partial charge in [-0.1, -0.05) is 18.2 Å². The van der Waals surface area contributed by atoms with Gasteiger partial charge >= 0.3 is 0 Å². The van der Waals surface area contributed by atoms with E-state index in [1.807, 2.05) is 35.2 Å². The van der Waals surface area contributed by atoms with E-state index in [4.69, 9.17) is 4.42 Å². The van der Waals surface area contributed by atoms with Crippen LogP contribution in [0.25, 0.3) is 11.0 Å². The fourth-order valence-corrected chi connectivity index (χ4v) is 4.40. The van der Waals surface area contributed by atoms with Crippen LogP contribution in [0.4, 0.5) is 0 Å². The van der Waals surface area contributed by atoms with Crippen LogP contribution in [0.15, 0.2) is 50.7 Å². The van der Waals surface area contributed by atoms with Gasteiger partial charge in [0.15, 0.2) is 5.76 Å². The van der Waals surface area contributed by atoms with Crippen molar-refractivity contribution in [3.63, 3.8) is 0 Å². The molecule has 5 heteroatoms. The number of fused-ring (bicyclic) bond motifs is 1. The minimum Gasteiger partial charge on any atom is -0.450 e. The largest absolute Gasteiger partial charge is 0.450 e. The quantitative estimate of drug-likeness (QED) is 0.613. The van der Waals surface area contributed by atoms with Gasteiger partial charge in [0.1, 0.15) is 5.58 Å². The third kappa shape index (κ3) is 2.29. The smallest absolute Gasteiger partial charge is 0.290 e. The standard InChI is InChI=1S/C17H14BrNO2S/c18-12-5-1-4-11-10-14(21-16(11)12)17(20)19-8-2-6-13(19)15-7-3-9-22-15/h1,3-5,7,9-10,13H,2,6,8H2. The highest BCUT2D eigenvalue weighted by Crippen LogP contribution is 2.36. The first-order valence-electron chi connectivity index (χ1n) is 7.26. The Balaban J connectivity index is 1.69. The molecule has 0 aliphatic carbocycles. The van der Waals surface area contributed by atoms with Gasteiger partial charge in [-0.15, -0.1) is 11.3 Å². The van der Waals surface area contributed by atoms with E-state index in [9.17, 15) is 4.79 Å². The normalized spacial score (nSPS) is 18.2. The van der Waals surface area contributed by atoms with E-state index < -0.39 is 0 Å². The molecule has 1 fully saturated rings. The Morgan fingerprint density at radius 3 is 3.00 bits per heavy atom. The molecule has 0 spiro atoms. The van der Waals surface area contributed by atoms with Crippen LogP contribution in [0.2, 0.25) is 0 Å². The molecular formula is C17H14BrNO2S. The van der Waals surface area contributed by atoms with Crippen LogP contribution in [0, 0.1) is 0 Å². The minimum atomic E-state index is -0.0148. The second kappa shape index (κ2) is 5.56. The van der Waals surface area contributed by atoms with Crippen molar-refractivity contribution < 1.29 is 9.21 Å². The molecule has 4 rings (SSSR count). The molecule has 1 aliphatic rings. The van der Waals surface area contributed by atoms with Crippen molar-refractivity contribution in [3.05, 3.63) is 56.9 Å². The van der Waals surface area contributed by atoms with Crippen LogP contribution in [-0.4, -0.2) is 17.4 Å². The number of carbonyl (C=O) groups is 1. The van der Waals surface area contributed by atoms with Gasteiger partial charge in [0.25, 0.3) is 5.91 Å². The first-order valence-corrected chi connectivity index (χ1v) is 8.94. The van der Waals surface area contributed by atoms with Gasteiger partial charge in [0.05, 0.1) is 10.5 Å². The van der Waals surface area contributed by atoms with Gasteiger partial charge in [-0.2, -0.15) is 0 Å². The zero-order valence-corrected chi connectivity index (χ0v) is 14.2. The fraction of sp³-hybridized carbons (Fsp3) is 0.235. The number of nitrogens with zero attached hydrogens (tertiary/aromatic N) is 1. The number of amides is 1. The van der Waals surface area contributed by atoms with Crippen LogP contribution in [0.3, 0.4) is 0 Å². The molecule has 0 radical (unpaired) electrons. The summed E-state index contributed by atoms with van der Waals surface area (Å²) in [6.45, 7) is 0.791. The predicted octanol–water partition coefficient (Wildman–Crippen LogP) is 5.23. The molecule has 1 aliphatic heterocycles. The third-order valence-corrected chi connectivity index (χ3v) is 5.69. The Labute approximate surface area is 140 Å². The maximum absolute atomic E-state index is 12.9. The number of likely N-dealkylation sites (tertiary alicyclic amines) is 1. The molecule has 1 atom stereocenters. The van der Waals surface area contributed by atoms with Crippen molar-refractivity contribution in [2.75, 3.05) is 6.54 Å². The van der Waals surface area contributed by atoms with E-state index in [0.717, 1.165) is 34.8 Å². The van der Waals surface area contributed by atoms with Crippen LogP contribution in [0.1, 0.15) is 34.3 Å². The van der Waals surface area contributed by atoms with Crippen molar-refractivity contribution in [2.24, 2.45) is 0 Å². The molecule has 0 bridgehead atoms. The van der Waals surface area contributed by atoms with Gasteiger partial charge in [-0.3, -0.25) is 4.79 Å². The summed E-state index contributed by atoms with van der Waals surface area (Å²) >= 11 is 5.18. The fourth-order valence-electron chi connectivity index (χ4n) is 3.06. The van der Waals surface area contributed by atoms with E-state index in [2.05, 4.69) is 27.4 Å². The number of para-hydroxylation sites is 1. The number of halogens is 1. The lowest BCUT2D eigenvalue weighted by molar-refractivity contribution is 0.0708. The topological polar surface area (TPSA) is 33.5 Å². The average molecular weight is 376 g/mol. The monoisotopic (exact) mass is 375 g/mol. The lowest BCUT2D eigenvalue weighted by Gasteiger charge is -2.22. The number of thiophene rings is 1. The van der Waals surface area contributed by atoms with Crippen LogP contribution < -0.4 is 0 Å². The minimum absolute atomic E-state index is 0.0148. The average Bonchev–Trinajstić information content (AvgIpc) is 3.25. The summed E-state index contributed by atoms with van der Waals surface area (Å²) in [4.78, 5) is 16.0. The van der Waals surface area contributed by atoms with E-state index in [0.29, 0.717) is 5.76 Å². The van der Waals surface area contributed by atoms with Crippen molar-refractivity contribution in [3.8, 4) is 0 Å². The molecule has 1 unspecified atom stereocenters. The molecule has 3 aromatic rings. The second-order valence-electron chi connectivity index (χ2n) is 5.44. The van der Waals surface area contributed by atoms with Gasteiger partial charge in [-0.05, 0) is 52.4 Å². The molecule has 1 aromatic carbocycles. The van der Waals surface area contributed by atoms with Gasteiger partial charge in [-0.25, -0.2) is 0 Å². The molecule has 22 heavy (non-hydrogen) atoms. The zero-order valence-electron chi connectivity index (χ0n) is 11.8. The zero-order chi connectivity index (χ0) is 15.1. The Morgan fingerprint density at radius 2 is 2.23 bits per heavy atom. The molecule has 3 nitrogen and oxygen atoms in total. The summed E-state index contributed by atoms with van der Waals surface area (Å²) in [5.74, 6) is 0.407. The van der Waals surface area contributed by atoms with Crippen LogP contribution in [-0.2, 0) is 0 Å². The summed E-state index contributed by atoms with van der Waals surface area (Å²) in [5.41, 5.74) is 0.734. The Kier molecular flexibility index (Phi) is 3.54. The molecule has 1 saturated heterocycles. The van der Waals surface area contributed by atoms with Gasteiger partial charge in [0, 0.05) is 16.8 Å². The molecule has 0 N–H and O–H groups in total. The Morgan fingerprint density at radius 1 is 1.32 bits per heavy atom. The predicted molar refractivity (Wildman–Crippen MR) is 91.2 cm³/mol. The highest BCUT2D eigenvalue weighted by molar-refractivity contribution is 9.10. The van der Waals surface area contributed by atoms with E-state index >= 15 is 0 Å². The number of furan rings is 1. The number of hydrogen-bond acceptors (Lipinski definition) is 3. The summed E-state index contributed by atoms with van der Waals surface area (Å²) < 4.78 is 6.68. The second-order valence-corrected chi connectivity index (χ2v) is 7.27. The van der Waals surface area contributed by atoms with Crippen molar-refractivity contribution in [2.45, 2.75) is 18.9 Å². The molecule has 1 amide bonds. The lowest BCUT2D eigenvalue weighted by Crippen LogP contribution is -2.29. The number of carbonyl (C=O) groups excluding carboxylic acids is 1. The SMILES string of the molecule is O=C(c1cc2cccc(Br)c2o1)N1CCCC1c1cccs1. The number of hydrogen-bond donors (Lipinski definition) is 0. The molecular weight excluding hydrogens is 362 g/mol. The lowest BCUT2D eigenvalue weighted by atomic mass is 10.2. The Hall–Kier alpha value is -1.59. The molecule has 3 heterocycles. The van der Waals surface area contributed by atoms with Crippen LogP contribution >= 0.6 is 27.3 Å². The summed E-state index contributed by atoms with van der Waals surface area (Å²) in [7, 11) is 0. The van der Waals surface area contributed by atoms with E-state index in [-0.39, 0.29) is 11.9 Å². The maximum Gasteiger partial charge on any atom is 0.290 e. The first kappa shape index (κ1) is 14.0.